The summed E-state index contributed by atoms with van der Waals surface area (Å²) in [5, 5.41) is 4.96. The molecular formula is C26H28N2O4. The predicted molar refractivity (Wildman–Crippen MR) is 125 cm³/mol. The molecular weight excluding hydrogens is 404 g/mol. The largest absolute Gasteiger partial charge is 0.491 e. The maximum atomic E-state index is 13.3. The maximum Gasteiger partial charge on any atom is 0.254 e. The van der Waals surface area contributed by atoms with Crippen LogP contribution in [0, 0.1) is 5.92 Å². The Morgan fingerprint density at radius 3 is 2.59 bits per heavy atom. The summed E-state index contributed by atoms with van der Waals surface area (Å²) in [6.45, 7) is 2.09. The lowest BCUT2D eigenvalue weighted by Crippen LogP contribution is -2.43. The van der Waals surface area contributed by atoms with Crippen molar-refractivity contribution in [3.63, 3.8) is 0 Å². The van der Waals surface area contributed by atoms with Gasteiger partial charge < -0.3 is 19.7 Å². The van der Waals surface area contributed by atoms with Crippen LogP contribution in [-0.2, 0) is 9.53 Å². The van der Waals surface area contributed by atoms with Gasteiger partial charge in [0.25, 0.3) is 5.91 Å². The first-order chi connectivity index (χ1) is 15.7. The van der Waals surface area contributed by atoms with Gasteiger partial charge in [0.2, 0.25) is 5.91 Å². The van der Waals surface area contributed by atoms with Crippen LogP contribution in [0.15, 0.2) is 66.7 Å². The fourth-order valence-corrected chi connectivity index (χ4v) is 4.08. The molecule has 6 nitrogen and oxygen atoms in total. The fourth-order valence-electron chi connectivity index (χ4n) is 4.08. The maximum absolute atomic E-state index is 13.3. The first-order valence-corrected chi connectivity index (χ1v) is 11.0. The molecule has 1 fully saturated rings. The molecule has 0 spiro atoms. The average molecular weight is 433 g/mol. The van der Waals surface area contributed by atoms with Crippen molar-refractivity contribution >= 4 is 28.3 Å². The zero-order valence-corrected chi connectivity index (χ0v) is 18.3. The molecule has 1 saturated heterocycles. The second-order valence-corrected chi connectivity index (χ2v) is 7.97. The second-order valence-electron chi connectivity index (χ2n) is 7.97. The Hall–Kier alpha value is -3.38. The van der Waals surface area contributed by atoms with Gasteiger partial charge in [0.1, 0.15) is 12.4 Å². The van der Waals surface area contributed by atoms with Crippen LogP contribution in [0.2, 0.25) is 0 Å². The first kappa shape index (κ1) is 21.8. The summed E-state index contributed by atoms with van der Waals surface area (Å²) < 4.78 is 10.5. The highest BCUT2D eigenvalue weighted by molar-refractivity contribution is 6.07. The fraction of sp³-hybridized carbons (Fsp3) is 0.308. The lowest BCUT2D eigenvalue weighted by molar-refractivity contribution is -0.121. The number of likely N-dealkylation sites (tertiary alicyclic amines) is 1. The minimum atomic E-state index is -0.236. The third-order valence-electron chi connectivity index (χ3n) is 5.78. The van der Waals surface area contributed by atoms with E-state index in [2.05, 4.69) is 5.32 Å². The van der Waals surface area contributed by atoms with E-state index < -0.39 is 0 Å². The summed E-state index contributed by atoms with van der Waals surface area (Å²) in [5.74, 6) is 0.412. The lowest BCUT2D eigenvalue weighted by atomic mass is 9.95. The molecule has 3 aromatic rings. The molecule has 1 N–H and O–H groups in total. The minimum Gasteiger partial charge on any atom is -0.491 e. The van der Waals surface area contributed by atoms with Gasteiger partial charge >= 0.3 is 0 Å². The molecule has 166 valence electrons. The van der Waals surface area contributed by atoms with Gasteiger partial charge in [0.15, 0.2) is 0 Å². The third kappa shape index (κ3) is 5.08. The zero-order valence-electron chi connectivity index (χ0n) is 18.3. The smallest absolute Gasteiger partial charge is 0.254 e. The van der Waals surface area contributed by atoms with Crippen molar-refractivity contribution in [3.8, 4) is 5.75 Å². The molecule has 6 heteroatoms. The van der Waals surface area contributed by atoms with Crippen LogP contribution in [-0.4, -0.2) is 50.1 Å². The number of hydrogen-bond acceptors (Lipinski definition) is 4. The summed E-state index contributed by atoms with van der Waals surface area (Å²) in [6.07, 6.45) is 1.57. The molecule has 1 heterocycles. The molecule has 32 heavy (non-hydrogen) atoms. The van der Waals surface area contributed by atoms with E-state index in [1.807, 2.05) is 71.6 Å². The number of carbonyl (C=O) groups excluding carboxylic acids is 2. The number of rotatable bonds is 7. The van der Waals surface area contributed by atoms with Crippen LogP contribution in [0.25, 0.3) is 10.8 Å². The average Bonchev–Trinajstić information content (AvgIpc) is 2.84. The van der Waals surface area contributed by atoms with E-state index in [-0.39, 0.29) is 17.7 Å². The number of anilines is 1. The van der Waals surface area contributed by atoms with Gasteiger partial charge in [-0.05, 0) is 53.9 Å². The lowest BCUT2D eigenvalue weighted by Gasteiger charge is -2.32. The number of nitrogens with zero attached hydrogens (tertiary/aromatic N) is 1. The zero-order chi connectivity index (χ0) is 22.3. The Bertz CT molecular complexity index is 1080. The monoisotopic (exact) mass is 432 g/mol. The van der Waals surface area contributed by atoms with Crippen LogP contribution < -0.4 is 10.1 Å². The van der Waals surface area contributed by atoms with Crippen molar-refractivity contribution in [2.45, 2.75) is 12.8 Å². The normalized spacial score (nSPS) is 16.0. The highest BCUT2D eigenvalue weighted by Gasteiger charge is 2.29. The van der Waals surface area contributed by atoms with Gasteiger partial charge in [-0.3, -0.25) is 9.59 Å². The topological polar surface area (TPSA) is 67.9 Å². The van der Waals surface area contributed by atoms with Crippen molar-refractivity contribution in [1.29, 1.82) is 0 Å². The summed E-state index contributed by atoms with van der Waals surface area (Å²) in [4.78, 5) is 27.9. The number of amides is 2. The van der Waals surface area contributed by atoms with Crippen molar-refractivity contribution in [2.24, 2.45) is 5.92 Å². The molecule has 3 aromatic carbocycles. The van der Waals surface area contributed by atoms with Gasteiger partial charge in [-0.2, -0.15) is 0 Å². The molecule has 0 saturated carbocycles. The number of carbonyl (C=O) groups is 2. The molecule has 0 radical (unpaired) electrons. The quantitative estimate of drug-likeness (QED) is 0.564. The number of ether oxygens (including phenoxy) is 2. The van der Waals surface area contributed by atoms with Crippen LogP contribution in [0.3, 0.4) is 0 Å². The van der Waals surface area contributed by atoms with Gasteiger partial charge in [0.05, 0.1) is 12.5 Å². The van der Waals surface area contributed by atoms with Crippen LogP contribution in [0.1, 0.15) is 23.2 Å². The number of fused-ring (bicyclic) bond motifs is 1. The standard InChI is InChI=1S/C26H28N2O4/c1-31-16-17-32-22-13-11-21(12-14-22)27-25(29)20-8-5-15-28(18-20)26(30)24-10-4-7-19-6-2-3-9-23(19)24/h2-4,6-7,9-14,20H,5,8,15-18H2,1H3,(H,27,29). The number of hydrogen-bond donors (Lipinski definition) is 1. The SMILES string of the molecule is COCCOc1ccc(NC(=O)C2CCCN(C(=O)c3cccc4ccccc34)C2)cc1. The van der Waals surface area contributed by atoms with Crippen molar-refractivity contribution in [1.82, 2.24) is 4.90 Å². The molecule has 2 amide bonds. The number of nitrogens with one attached hydrogen (secondary N) is 1. The van der Waals surface area contributed by atoms with Crippen molar-refractivity contribution in [2.75, 3.05) is 38.7 Å². The van der Waals surface area contributed by atoms with E-state index in [9.17, 15) is 9.59 Å². The molecule has 0 aliphatic carbocycles. The Morgan fingerprint density at radius 2 is 1.78 bits per heavy atom. The summed E-state index contributed by atoms with van der Waals surface area (Å²) in [5.41, 5.74) is 1.40. The third-order valence-corrected chi connectivity index (χ3v) is 5.78. The van der Waals surface area contributed by atoms with Gasteiger partial charge in [-0.15, -0.1) is 0 Å². The van der Waals surface area contributed by atoms with Gasteiger partial charge in [-0.1, -0.05) is 36.4 Å². The van der Waals surface area contributed by atoms with E-state index >= 15 is 0 Å². The van der Waals surface area contributed by atoms with Crippen molar-refractivity contribution in [3.05, 3.63) is 72.3 Å². The minimum absolute atomic E-state index is 0.0168. The van der Waals surface area contributed by atoms with Gasteiger partial charge in [-0.25, -0.2) is 0 Å². The number of benzene rings is 3. The van der Waals surface area contributed by atoms with Crippen LogP contribution in [0.4, 0.5) is 5.69 Å². The molecule has 0 bridgehead atoms. The number of piperidine rings is 1. The summed E-state index contributed by atoms with van der Waals surface area (Å²) >= 11 is 0. The Balaban J connectivity index is 1.39. The van der Waals surface area contributed by atoms with Crippen LogP contribution in [0.5, 0.6) is 5.75 Å². The van der Waals surface area contributed by atoms with Crippen LogP contribution >= 0.6 is 0 Å². The summed E-state index contributed by atoms with van der Waals surface area (Å²) in [6, 6.07) is 21.0. The van der Waals surface area contributed by atoms with E-state index in [1.165, 1.54) is 0 Å². The molecule has 0 aromatic heterocycles. The first-order valence-electron chi connectivity index (χ1n) is 11.0. The second kappa shape index (κ2) is 10.3. The molecule has 4 rings (SSSR count). The Labute approximate surface area is 188 Å². The Morgan fingerprint density at radius 1 is 1.00 bits per heavy atom. The highest BCUT2D eigenvalue weighted by Crippen LogP contribution is 2.25. The van der Waals surface area contributed by atoms with Gasteiger partial charge in [0, 0.05) is 31.5 Å². The highest BCUT2D eigenvalue weighted by atomic mass is 16.5. The molecule has 1 atom stereocenters. The Kier molecular flexibility index (Phi) is 7.02. The predicted octanol–water partition coefficient (Wildman–Crippen LogP) is 4.36. The number of methoxy groups -OCH3 is 1. The van der Waals surface area contributed by atoms with E-state index in [4.69, 9.17) is 9.47 Å². The van der Waals surface area contributed by atoms with E-state index in [0.717, 1.165) is 29.4 Å². The molecule has 1 aliphatic heterocycles. The van der Waals surface area contributed by atoms with E-state index in [1.54, 1.807) is 7.11 Å². The van der Waals surface area contributed by atoms with E-state index in [0.29, 0.717) is 37.6 Å². The molecule has 1 unspecified atom stereocenters. The van der Waals surface area contributed by atoms with Crippen molar-refractivity contribution < 1.29 is 19.1 Å². The molecule has 1 aliphatic rings. The summed E-state index contributed by atoms with van der Waals surface area (Å²) in [7, 11) is 1.63.